The zero-order chi connectivity index (χ0) is 14.5. The Bertz CT molecular complexity index is 541. The Morgan fingerprint density at radius 3 is 2.70 bits per heavy atom. The van der Waals surface area contributed by atoms with Crippen LogP contribution < -0.4 is 5.32 Å². The fourth-order valence-corrected chi connectivity index (χ4v) is 2.28. The van der Waals surface area contributed by atoms with Gasteiger partial charge in [-0.2, -0.15) is 5.10 Å². The molecule has 0 unspecified atom stereocenters. The summed E-state index contributed by atoms with van der Waals surface area (Å²) in [4.78, 5) is 0. The molecule has 110 valence electrons. The molecule has 0 spiro atoms. The Labute approximate surface area is 119 Å². The van der Waals surface area contributed by atoms with Crippen LogP contribution in [0.1, 0.15) is 32.4 Å². The molecule has 2 aromatic heterocycles. The van der Waals surface area contributed by atoms with Crippen LogP contribution in [-0.4, -0.2) is 27.5 Å². The van der Waals surface area contributed by atoms with Crippen LogP contribution in [0, 0.1) is 6.92 Å². The van der Waals surface area contributed by atoms with E-state index in [1.54, 1.807) is 6.26 Å². The number of hydrogen-bond acceptors (Lipinski definition) is 4. The number of furan rings is 1. The molecule has 0 bridgehead atoms. The van der Waals surface area contributed by atoms with E-state index in [1.165, 1.54) is 0 Å². The number of aliphatic hydroxyl groups excluding tert-OH is 1. The first-order valence-corrected chi connectivity index (χ1v) is 7.19. The van der Waals surface area contributed by atoms with Crippen molar-refractivity contribution in [1.29, 1.82) is 0 Å². The van der Waals surface area contributed by atoms with Crippen molar-refractivity contribution in [3.8, 4) is 11.3 Å². The lowest BCUT2D eigenvalue weighted by Crippen LogP contribution is -2.20. The number of nitrogens with zero attached hydrogens (tertiary/aromatic N) is 2. The Balaban J connectivity index is 2.30. The van der Waals surface area contributed by atoms with Crippen LogP contribution in [-0.2, 0) is 6.54 Å². The summed E-state index contributed by atoms with van der Waals surface area (Å²) in [6, 6.07) is 4.36. The maximum Gasteiger partial charge on any atom is 0.125 e. The standard InChI is InChI=1S/C15H23N3O2/c1-4-12(5-2)16-15-10-14(17-18(15)7-8-19)13-6-9-20-11(13)3/h6,9-10,12,16,19H,4-5,7-8H2,1-3H3. The highest BCUT2D eigenvalue weighted by molar-refractivity contribution is 5.64. The highest BCUT2D eigenvalue weighted by Crippen LogP contribution is 2.26. The van der Waals surface area contributed by atoms with Gasteiger partial charge >= 0.3 is 0 Å². The Morgan fingerprint density at radius 2 is 2.15 bits per heavy atom. The molecule has 0 fully saturated rings. The van der Waals surface area contributed by atoms with E-state index in [1.807, 2.05) is 23.7 Å². The molecular formula is C15H23N3O2. The van der Waals surface area contributed by atoms with Crippen LogP contribution in [0.2, 0.25) is 0 Å². The van der Waals surface area contributed by atoms with Crippen molar-refractivity contribution in [3.05, 3.63) is 24.2 Å². The zero-order valence-corrected chi connectivity index (χ0v) is 12.4. The van der Waals surface area contributed by atoms with Crippen molar-refractivity contribution in [3.63, 3.8) is 0 Å². The summed E-state index contributed by atoms with van der Waals surface area (Å²) in [6.07, 6.45) is 3.78. The van der Waals surface area contributed by atoms with Crippen LogP contribution in [0.4, 0.5) is 5.82 Å². The van der Waals surface area contributed by atoms with Gasteiger partial charge in [0.15, 0.2) is 0 Å². The molecule has 0 aliphatic heterocycles. The fourth-order valence-electron chi connectivity index (χ4n) is 2.28. The van der Waals surface area contributed by atoms with Gasteiger partial charge in [0.25, 0.3) is 0 Å². The lowest BCUT2D eigenvalue weighted by atomic mass is 10.1. The summed E-state index contributed by atoms with van der Waals surface area (Å²) >= 11 is 0. The molecule has 2 rings (SSSR count). The molecule has 0 atom stereocenters. The molecule has 0 aromatic carbocycles. The van der Waals surface area contributed by atoms with Crippen LogP contribution >= 0.6 is 0 Å². The van der Waals surface area contributed by atoms with Gasteiger partial charge in [-0.1, -0.05) is 13.8 Å². The first kappa shape index (κ1) is 14.7. The average Bonchev–Trinajstić information content (AvgIpc) is 3.03. The largest absolute Gasteiger partial charge is 0.469 e. The molecule has 0 saturated carbocycles. The van der Waals surface area contributed by atoms with Crippen molar-refractivity contribution in [1.82, 2.24) is 9.78 Å². The maximum atomic E-state index is 9.18. The summed E-state index contributed by atoms with van der Waals surface area (Å²) in [5.41, 5.74) is 1.87. The molecule has 20 heavy (non-hydrogen) atoms. The molecule has 2 N–H and O–H groups in total. The van der Waals surface area contributed by atoms with Gasteiger partial charge in [-0.3, -0.25) is 0 Å². The molecule has 5 nitrogen and oxygen atoms in total. The van der Waals surface area contributed by atoms with E-state index in [0.717, 1.165) is 35.7 Å². The molecule has 0 aliphatic rings. The molecule has 0 radical (unpaired) electrons. The molecule has 0 amide bonds. The third kappa shape index (κ3) is 3.04. The maximum absolute atomic E-state index is 9.18. The Kier molecular flexibility index (Phi) is 4.84. The minimum absolute atomic E-state index is 0.0725. The van der Waals surface area contributed by atoms with Gasteiger partial charge < -0.3 is 14.8 Å². The number of aromatic nitrogens is 2. The zero-order valence-electron chi connectivity index (χ0n) is 12.4. The number of aliphatic hydroxyl groups is 1. The smallest absolute Gasteiger partial charge is 0.125 e. The number of nitrogens with one attached hydrogen (secondary N) is 1. The van der Waals surface area contributed by atoms with E-state index < -0.39 is 0 Å². The van der Waals surface area contributed by atoms with Crippen LogP contribution in [0.5, 0.6) is 0 Å². The van der Waals surface area contributed by atoms with Gasteiger partial charge in [0, 0.05) is 17.7 Å². The second-order valence-electron chi connectivity index (χ2n) is 4.91. The number of aryl methyl sites for hydroxylation is 1. The van der Waals surface area contributed by atoms with Crippen molar-refractivity contribution < 1.29 is 9.52 Å². The second kappa shape index (κ2) is 6.61. The van der Waals surface area contributed by atoms with Crippen molar-refractivity contribution >= 4 is 5.82 Å². The minimum atomic E-state index is 0.0725. The topological polar surface area (TPSA) is 63.2 Å². The summed E-state index contributed by atoms with van der Waals surface area (Å²) in [5.74, 6) is 1.80. The molecular weight excluding hydrogens is 254 g/mol. The van der Waals surface area contributed by atoms with Crippen molar-refractivity contribution in [2.24, 2.45) is 0 Å². The van der Waals surface area contributed by atoms with Gasteiger partial charge in [-0.15, -0.1) is 0 Å². The monoisotopic (exact) mass is 277 g/mol. The van der Waals surface area contributed by atoms with Crippen LogP contribution in [0.3, 0.4) is 0 Å². The quantitative estimate of drug-likeness (QED) is 0.816. The number of hydrogen-bond donors (Lipinski definition) is 2. The van der Waals surface area contributed by atoms with Gasteiger partial charge in [0.2, 0.25) is 0 Å². The van der Waals surface area contributed by atoms with E-state index in [2.05, 4.69) is 24.3 Å². The third-order valence-corrected chi connectivity index (χ3v) is 3.56. The number of rotatable bonds is 7. The average molecular weight is 277 g/mol. The van der Waals surface area contributed by atoms with Gasteiger partial charge in [-0.25, -0.2) is 4.68 Å². The predicted octanol–water partition coefficient (Wildman–Crippen LogP) is 3.04. The lowest BCUT2D eigenvalue weighted by molar-refractivity contribution is 0.270. The van der Waals surface area contributed by atoms with E-state index in [4.69, 9.17) is 4.42 Å². The normalized spacial score (nSPS) is 11.2. The highest BCUT2D eigenvalue weighted by atomic mass is 16.3. The summed E-state index contributed by atoms with van der Waals surface area (Å²) in [6.45, 7) is 6.81. The SMILES string of the molecule is CCC(CC)Nc1cc(-c2ccoc2C)nn1CCO. The van der Waals surface area contributed by atoms with Crippen molar-refractivity contribution in [2.75, 3.05) is 11.9 Å². The van der Waals surface area contributed by atoms with Crippen molar-refractivity contribution in [2.45, 2.75) is 46.2 Å². The van der Waals surface area contributed by atoms with E-state index in [0.29, 0.717) is 12.6 Å². The van der Waals surface area contributed by atoms with E-state index >= 15 is 0 Å². The third-order valence-electron chi connectivity index (χ3n) is 3.56. The summed E-state index contributed by atoms with van der Waals surface area (Å²) < 4.78 is 7.15. The first-order chi connectivity index (χ1) is 9.69. The van der Waals surface area contributed by atoms with Gasteiger partial charge in [-0.05, 0) is 25.8 Å². The van der Waals surface area contributed by atoms with Gasteiger partial charge in [0.05, 0.1) is 25.1 Å². The highest BCUT2D eigenvalue weighted by Gasteiger charge is 2.14. The molecule has 0 saturated heterocycles. The lowest BCUT2D eigenvalue weighted by Gasteiger charge is -2.16. The summed E-state index contributed by atoms with van der Waals surface area (Å²) in [7, 11) is 0. The van der Waals surface area contributed by atoms with Crippen LogP contribution in [0.25, 0.3) is 11.3 Å². The fraction of sp³-hybridized carbons (Fsp3) is 0.533. The molecule has 5 heteroatoms. The molecule has 2 heterocycles. The Morgan fingerprint density at radius 1 is 1.40 bits per heavy atom. The van der Waals surface area contributed by atoms with E-state index in [9.17, 15) is 5.11 Å². The minimum Gasteiger partial charge on any atom is -0.469 e. The first-order valence-electron chi connectivity index (χ1n) is 7.19. The summed E-state index contributed by atoms with van der Waals surface area (Å²) in [5, 5.41) is 17.2. The van der Waals surface area contributed by atoms with E-state index in [-0.39, 0.29) is 6.61 Å². The Hall–Kier alpha value is -1.75. The van der Waals surface area contributed by atoms with Gasteiger partial charge in [0.1, 0.15) is 11.6 Å². The predicted molar refractivity (Wildman–Crippen MR) is 79.7 cm³/mol. The number of anilines is 1. The molecule has 2 aromatic rings. The second-order valence-corrected chi connectivity index (χ2v) is 4.91. The molecule has 0 aliphatic carbocycles. The van der Waals surface area contributed by atoms with Crippen LogP contribution in [0.15, 0.2) is 22.8 Å².